The molecule has 0 atom stereocenters. The van der Waals surface area contributed by atoms with E-state index in [1.54, 1.807) is 12.1 Å². The van der Waals surface area contributed by atoms with E-state index in [9.17, 15) is 13.2 Å². The number of alkyl halides is 3. The highest BCUT2D eigenvalue weighted by atomic mass is 35.5. The maximum absolute atomic E-state index is 12.5. The maximum Gasteiger partial charge on any atom is 0.417 e. The first kappa shape index (κ1) is 15.6. The number of ether oxygens (including phenoxy) is 1. The fraction of sp³-hybridized carbons (Fsp3) is 0.214. The van der Waals surface area contributed by atoms with Gasteiger partial charge in [-0.2, -0.15) is 13.2 Å². The molecule has 0 radical (unpaired) electrons. The van der Waals surface area contributed by atoms with Crippen molar-refractivity contribution in [2.24, 2.45) is 5.73 Å². The zero-order valence-electron chi connectivity index (χ0n) is 10.8. The number of hydrogen-bond acceptors (Lipinski definition) is 3. The van der Waals surface area contributed by atoms with Crippen LogP contribution in [0.25, 0.3) is 0 Å². The first-order valence-electron chi connectivity index (χ1n) is 6.10. The Morgan fingerprint density at radius 2 is 1.86 bits per heavy atom. The predicted molar refractivity (Wildman–Crippen MR) is 73.5 cm³/mol. The molecule has 1 aromatic heterocycles. The van der Waals surface area contributed by atoms with Crippen LogP contribution >= 0.6 is 11.6 Å². The standard InChI is InChI=1S/C14H12ClF3N2O/c15-12-7-10(14(16,17)18)8-20-13(12)21-11-3-1-9(2-4-11)5-6-19/h1-4,7-8H,5-6,19H2. The lowest BCUT2D eigenvalue weighted by atomic mass is 10.1. The molecule has 0 fully saturated rings. The number of halogens is 4. The van der Waals surface area contributed by atoms with Crippen LogP contribution in [-0.4, -0.2) is 11.5 Å². The Bertz CT molecular complexity index is 615. The van der Waals surface area contributed by atoms with Gasteiger partial charge in [-0.05, 0) is 36.7 Å². The maximum atomic E-state index is 12.5. The van der Waals surface area contributed by atoms with Crippen LogP contribution in [0.1, 0.15) is 11.1 Å². The van der Waals surface area contributed by atoms with Crippen LogP contribution in [0.2, 0.25) is 5.02 Å². The molecule has 2 rings (SSSR count). The van der Waals surface area contributed by atoms with Crippen LogP contribution in [-0.2, 0) is 12.6 Å². The summed E-state index contributed by atoms with van der Waals surface area (Å²) >= 11 is 5.76. The van der Waals surface area contributed by atoms with Gasteiger partial charge < -0.3 is 10.5 Å². The summed E-state index contributed by atoms with van der Waals surface area (Å²) in [6.07, 6.45) is -3.07. The van der Waals surface area contributed by atoms with E-state index in [4.69, 9.17) is 22.1 Å². The summed E-state index contributed by atoms with van der Waals surface area (Å²) in [5.74, 6) is 0.362. The van der Waals surface area contributed by atoms with Crippen molar-refractivity contribution in [3.63, 3.8) is 0 Å². The third kappa shape index (κ3) is 4.09. The number of aromatic nitrogens is 1. The minimum Gasteiger partial charge on any atom is -0.438 e. The van der Waals surface area contributed by atoms with Crippen molar-refractivity contribution in [2.75, 3.05) is 6.54 Å². The van der Waals surface area contributed by atoms with Crippen LogP contribution in [0, 0.1) is 0 Å². The third-order valence-electron chi connectivity index (χ3n) is 2.71. The molecule has 0 aliphatic heterocycles. The van der Waals surface area contributed by atoms with Gasteiger partial charge in [0, 0.05) is 6.20 Å². The van der Waals surface area contributed by atoms with E-state index >= 15 is 0 Å². The highest BCUT2D eigenvalue weighted by molar-refractivity contribution is 6.31. The molecule has 7 heteroatoms. The molecule has 0 amide bonds. The lowest BCUT2D eigenvalue weighted by molar-refractivity contribution is -0.137. The molecule has 0 spiro atoms. The molecule has 0 unspecified atom stereocenters. The van der Waals surface area contributed by atoms with Crippen molar-refractivity contribution in [1.29, 1.82) is 0 Å². The highest BCUT2D eigenvalue weighted by Gasteiger charge is 2.31. The number of rotatable bonds is 4. The van der Waals surface area contributed by atoms with Gasteiger partial charge in [-0.1, -0.05) is 23.7 Å². The molecule has 0 saturated heterocycles. The third-order valence-corrected chi connectivity index (χ3v) is 2.98. The highest BCUT2D eigenvalue weighted by Crippen LogP contribution is 2.34. The van der Waals surface area contributed by atoms with Crippen LogP contribution in [0.3, 0.4) is 0 Å². The summed E-state index contributed by atoms with van der Waals surface area (Å²) in [4.78, 5) is 3.60. The van der Waals surface area contributed by atoms with Gasteiger partial charge in [0.1, 0.15) is 10.8 Å². The lowest BCUT2D eigenvalue weighted by Gasteiger charge is -2.10. The van der Waals surface area contributed by atoms with Crippen molar-refractivity contribution in [3.05, 3.63) is 52.7 Å². The van der Waals surface area contributed by atoms with Gasteiger partial charge in [0.15, 0.2) is 0 Å². The number of benzene rings is 1. The second-order valence-electron chi connectivity index (χ2n) is 4.29. The molecule has 3 nitrogen and oxygen atoms in total. The Labute approximate surface area is 124 Å². The van der Waals surface area contributed by atoms with Gasteiger partial charge in [0.05, 0.1) is 5.56 Å². The van der Waals surface area contributed by atoms with Crippen molar-refractivity contribution < 1.29 is 17.9 Å². The van der Waals surface area contributed by atoms with Gasteiger partial charge in [-0.25, -0.2) is 4.98 Å². The average Bonchev–Trinajstić information content (AvgIpc) is 2.42. The van der Waals surface area contributed by atoms with Crippen LogP contribution in [0.5, 0.6) is 11.6 Å². The zero-order chi connectivity index (χ0) is 15.5. The molecule has 112 valence electrons. The SMILES string of the molecule is NCCc1ccc(Oc2ncc(C(F)(F)F)cc2Cl)cc1. The summed E-state index contributed by atoms with van der Waals surface area (Å²) in [5.41, 5.74) is 5.56. The molecule has 2 aromatic rings. The fourth-order valence-corrected chi connectivity index (χ4v) is 1.86. The van der Waals surface area contributed by atoms with Gasteiger partial charge in [0.25, 0.3) is 0 Å². The monoisotopic (exact) mass is 316 g/mol. The number of nitrogens with zero attached hydrogens (tertiary/aromatic N) is 1. The first-order chi connectivity index (χ1) is 9.90. The second-order valence-corrected chi connectivity index (χ2v) is 4.70. The van der Waals surface area contributed by atoms with Gasteiger partial charge >= 0.3 is 6.18 Å². The van der Waals surface area contributed by atoms with E-state index < -0.39 is 11.7 Å². The van der Waals surface area contributed by atoms with Crippen molar-refractivity contribution in [3.8, 4) is 11.6 Å². The Morgan fingerprint density at radius 1 is 1.19 bits per heavy atom. The van der Waals surface area contributed by atoms with Crippen LogP contribution in [0.15, 0.2) is 36.5 Å². The van der Waals surface area contributed by atoms with Crippen LogP contribution < -0.4 is 10.5 Å². The summed E-state index contributed by atoms with van der Waals surface area (Å²) in [6, 6.07) is 7.79. The molecule has 0 bridgehead atoms. The minimum absolute atomic E-state index is 0.0729. The molecular weight excluding hydrogens is 305 g/mol. The summed E-state index contributed by atoms with van der Waals surface area (Å²) < 4.78 is 42.8. The Hall–Kier alpha value is -1.79. The molecule has 0 aliphatic carbocycles. The Morgan fingerprint density at radius 3 is 2.38 bits per heavy atom. The van der Waals surface area contributed by atoms with E-state index in [0.29, 0.717) is 18.5 Å². The minimum atomic E-state index is -4.49. The molecule has 1 aromatic carbocycles. The predicted octanol–water partition coefficient (Wildman–Crippen LogP) is 4.05. The lowest BCUT2D eigenvalue weighted by Crippen LogP contribution is -2.05. The normalized spacial score (nSPS) is 11.5. The second kappa shape index (κ2) is 6.32. The van der Waals surface area contributed by atoms with E-state index in [1.807, 2.05) is 12.1 Å². The van der Waals surface area contributed by atoms with E-state index in [-0.39, 0.29) is 10.9 Å². The van der Waals surface area contributed by atoms with E-state index in [2.05, 4.69) is 4.98 Å². The first-order valence-corrected chi connectivity index (χ1v) is 6.47. The van der Waals surface area contributed by atoms with E-state index in [1.165, 1.54) is 0 Å². The number of nitrogens with two attached hydrogens (primary N) is 1. The largest absolute Gasteiger partial charge is 0.438 e. The van der Waals surface area contributed by atoms with Crippen LogP contribution in [0.4, 0.5) is 13.2 Å². The smallest absolute Gasteiger partial charge is 0.417 e. The topological polar surface area (TPSA) is 48.1 Å². The van der Waals surface area contributed by atoms with Gasteiger partial charge in [0.2, 0.25) is 5.88 Å². The molecule has 0 saturated carbocycles. The number of pyridine rings is 1. The zero-order valence-corrected chi connectivity index (χ0v) is 11.6. The Kier molecular flexibility index (Phi) is 4.69. The van der Waals surface area contributed by atoms with Gasteiger partial charge in [-0.3, -0.25) is 0 Å². The molecule has 1 heterocycles. The fourth-order valence-electron chi connectivity index (χ4n) is 1.66. The summed E-state index contributed by atoms with van der Waals surface area (Å²) in [7, 11) is 0. The number of hydrogen-bond donors (Lipinski definition) is 1. The van der Waals surface area contributed by atoms with Crippen molar-refractivity contribution >= 4 is 11.6 Å². The van der Waals surface area contributed by atoms with Crippen molar-refractivity contribution in [1.82, 2.24) is 4.98 Å². The molecule has 21 heavy (non-hydrogen) atoms. The van der Waals surface area contributed by atoms with E-state index in [0.717, 1.165) is 18.1 Å². The van der Waals surface area contributed by atoms with Crippen molar-refractivity contribution in [2.45, 2.75) is 12.6 Å². The molecular formula is C14H12ClF3N2O. The van der Waals surface area contributed by atoms with Gasteiger partial charge in [-0.15, -0.1) is 0 Å². The Balaban J connectivity index is 2.16. The molecule has 0 aliphatic rings. The summed E-state index contributed by atoms with van der Waals surface area (Å²) in [5, 5.41) is -0.198. The average molecular weight is 317 g/mol. The summed E-state index contributed by atoms with van der Waals surface area (Å²) in [6.45, 7) is 0.534. The quantitative estimate of drug-likeness (QED) is 0.925. The molecule has 2 N–H and O–H groups in total.